The molecule has 5 nitrogen and oxygen atoms in total. The SMILES string of the molecule is CC(=O)[C@@H](CC(=O)N(C)C(c1ccccc1)c1ccccc1)c1nc2ccccc2o1. The molecule has 0 aliphatic heterocycles. The van der Waals surface area contributed by atoms with Crippen LogP contribution in [0.1, 0.15) is 42.3 Å². The van der Waals surface area contributed by atoms with Gasteiger partial charge in [-0.25, -0.2) is 4.98 Å². The quantitative estimate of drug-likeness (QED) is 0.422. The average Bonchev–Trinajstić information content (AvgIpc) is 3.22. The number of carbonyl (C=O) groups excluding carboxylic acids is 2. The van der Waals surface area contributed by atoms with Crippen molar-refractivity contribution in [3.05, 3.63) is 102 Å². The largest absolute Gasteiger partial charge is 0.440 e. The van der Waals surface area contributed by atoms with Crippen molar-refractivity contribution in [3.63, 3.8) is 0 Å². The third kappa shape index (κ3) is 4.40. The van der Waals surface area contributed by atoms with Gasteiger partial charge in [0.05, 0.1) is 6.04 Å². The number of rotatable bonds is 7. The number of para-hydroxylation sites is 2. The second kappa shape index (κ2) is 8.96. The highest BCUT2D eigenvalue weighted by Crippen LogP contribution is 2.31. The van der Waals surface area contributed by atoms with Crippen molar-refractivity contribution in [1.29, 1.82) is 0 Å². The Labute approximate surface area is 181 Å². The Morgan fingerprint density at radius 1 is 0.871 bits per heavy atom. The van der Waals surface area contributed by atoms with Gasteiger partial charge in [-0.15, -0.1) is 0 Å². The minimum absolute atomic E-state index is 0.00514. The second-order valence-corrected chi connectivity index (χ2v) is 7.62. The Hall–Kier alpha value is -3.73. The van der Waals surface area contributed by atoms with Crippen LogP contribution in [0.15, 0.2) is 89.3 Å². The molecule has 1 amide bonds. The van der Waals surface area contributed by atoms with Crippen LogP contribution in [0.3, 0.4) is 0 Å². The molecule has 0 spiro atoms. The van der Waals surface area contributed by atoms with Crippen molar-refractivity contribution in [3.8, 4) is 0 Å². The summed E-state index contributed by atoms with van der Waals surface area (Å²) in [5, 5.41) is 0. The summed E-state index contributed by atoms with van der Waals surface area (Å²) in [5.74, 6) is -0.745. The Morgan fingerprint density at radius 3 is 1.97 bits per heavy atom. The van der Waals surface area contributed by atoms with Gasteiger partial charge in [-0.3, -0.25) is 9.59 Å². The van der Waals surface area contributed by atoms with Gasteiger partial charge in [0.1, 0.15) is 17.2 Å². The fourth-order valence-electron chi connectivity index (χ4n) is 3.82. The van der Waals surface area contributed by atoms with Crippen molar-refractivity contribution < 1.29 is 14.0 Å². The lowest BCUT2D eigenvalue weighted by Gasteiger charge is -2.30. The molecule has 1 aromatic heterocycles. The smallest absolute Gasteiger partial charge is 0.224 e. The van der Waals surface area contributed by atoms with Crippen LogP contribution >= 0.6 is 0 Å². The van der Waals surface area contributed by atoms with Crippen molar-refractivity contribution in [2.75, 3.05) is 7.05 Å². The maximum absolute atomic E-state index is 13.3. The third-order valence-electron chi connectivity index (χ3n) is 5.49. The van der Waals surface area contributed by atoms with E-state index in [-0.39, 0.29) is 30.0 Å². The maximum atomic E-state index is 13.3. The third-order valence-corrected chi connectivity index (χ3v) is 5.49. The van der Waals surface area contributed by atoms with E-state index in [1.807, 2.05) is 78.9 Å². The summed E-state index contributed by atoms with van der Waals surface area (Å²) in [6, 6.07) is 26.8. The van der Waals surface area contributed by atoms with Crippen LogP contribution in [0, 0.1) is 0 Å². The lowest BCUT2D eigenvalue weighted by molar-refractivity contribution is -0.134. The van der Waals surface area contributed by atoms with E-state index in [1.54, 1.807) is 18.0 Å². The molecular weight excluding hydrogens is 388 g/mol. The minimum Gasteiger partial charge on any atom is -0.440 e. The highest BCUT2D eigenvalue weighted by molar-refractivity contribution is 5.89. The summed E-state index contributed by atoms with van der Waals surface area (Å²) in [6.07, 6.45) is -0.00514. The highest BCUT2D eigenvalue weighted by Gasteiger charge is 2.30. The van der Waals surface area contributed by atoms with Crippen LogP contribution in [-0.2, 0) is 9.59 Å². The first-order valence-electron chi connectivity index (χ1n) is 10.3. The number of hydrogen-bond acceptors (Lipinski definition) is 4. The molecule has 0 saturated heterocycles. The first-order chi connectivity index (χ1) is 15.0. The molecule has 0 unspecified atom stereocenters. The summed E-state index contributed by atoms with van der Waals surface area (Å²) in [5.41, 5.74) is 3.29. The number of aromatic nitrogens is 1. The Bertz CT molecular complexity index is 1110. The zero-order valence-electron chi connectivity index (χ0n) is 17.6. The van der Waals surface area contributed by atoms with Crippen molar-refractivity contribution in [2.45, 2.75) is 25.3 Å². The number of benzene rings is 3. The lowest BCUT2D eigenvalue weighted by Crippen LogP contribution is -2.33. The molecule has 1 heterocycles. The first-order valence-corrected chi connectivity index (χ1v) is 10.3. The van der Waals surface area contributed by atoms with Crippen LogP contribution in [0.25, 0.3) is 11.1 Å². The van der Waals surface area contributed by atoms with Gasteiger partial charge in [-0.2, -0.15) is 0 Å². The predicted molar refractivity (Wildman–Crippen MR) is 120 cm³/mol. The molecule has 0 N–H and O–H groups in total. The van der Waals surface area contributed by atoms with Crippen molar-refractivity contribution in [1.82, 2.24) is 9.88 Å². The molecule has 0 radical (unpaired) electrons. The zero-order valence-corrected chi connectivity index (χ0v) is 17.6. The standard InChI is InChI=1S/C26H24N2O3/c1-18(29)21(26-27-22-15-9-10-16-23(22)31-26)17-24(30)28(2)25(19-11-5-3-6-12-19)20-13-7-4-8-14-20/h3-16,21,25H,17H2,1-2H3/t21-/m1/s1. The number of nitrogens with zero attached hydrogens (tertiary/aromatic N) is 2. The van der Waals surface area contributed by atoms with E-state index in [0.29, 0.717) is 11.1 Å². The summed E-state index contributed by atoms with van der Waals surface area (Å²) in [4.78, 5) is 31.9. The number of carbonyl (C=O) groups is 2. The molecule has 0 aliphatic rings. The Morgan fingerprint density at radius 2 is 1.42 bits per heavy atom. The molecule has 31 heavy (non-hydrogen) atoms. The number of oxazole rings is 1. The first kappa shape index (κ1) is 20.5. The number of Topliss-reactive ketones (excluding diaryl/α,β-unsaturated/α-hetero) is 1. The molecular formula is C26H24N2O3. The van der Waals surface area contributed by atoms with E-state index in [1.165, 1.54) is 6.92 Å². The molecule has 4 aromatic rings. The van der Waals surface area contributed by atoms with Gasteiger partial charge in [0.25, 0.3) is 0 Å². The van der Waals surface area contributed by atoms with Gasteiger partial charge in [0.2, 0.25) is 11.8 Å². The normalized spacial score (nSPS) is 12.1. The summed E-state index contributed by atoms with van der Waals surface area (Å²) >= 11 is 0. The topological polar surface area (TPSA) is 63.4 Å². The fourth-order valence-corrected chi connectivity index (χ4v) is 3.82. The molecule has 0 saturated carbocycles. The zero-order chi connectivity index (χ0) is 21.8. The number of hydrogen-bond donors (Lipinski definition) is 0. The van der Waals surface area contributed by atoms with Crippen LogP contribution in [0.2, 0.25) is 0 Å². The number of ketones is 1. The van der Waals surface area contributed by atoms with E-state index in [2.05, 4.69) is 4.98 Å². The number of amides is 1. The molecule has 4 rings (SSSR count). The van der Waals surface area contributed by atoms with E-state index < -0.39 is 5.92 Å². The molecule has 1 atom stereocenters. The van der Waals surface area contributed by atoms with E-state index in [9.17, 15) is 9.59 Å². The highest BCUT2D eigenvalue weighted by atomic mass is 16.3. The van der Waals surface area contributed by atoms with E-state index in [4.69, 9.17) is 4.42 Å². The maximum Gasteiger partial charge on any atom is 0.224 e. The van der Waals surface area contributed by atoms with Gasteiger partial charge in [-0.1, -0.05) is 72.8 Å². The van der Waals surface area contributed by atoms with Crippen LogP contribution in [0.5, 0.6) is 0 Å². The van der Waals surface area contributed by atoms with E-state index in [0.717, 1.165) is 11.1 Å². The van der Waals surface area contributed by atoms with Crippen LogP contribution in [0.4, 0.5) is 0 Å². The van der Waals surface area contributed by atoms with E-state index >= 15 is 0 Å². The lowest BCUT2D eigenvalue weighted by atomic mass is 9.95. The van der Waals surface area contributed by atoms with Crippen LogP contribution < -0.4 is 0 Å². The summed E-state index contributed by atoms with van der Waals surface area (Å²) < 4.78 is 5.80. The molecule has 0 aliphatic carbocycles. The van der Waals surface area contributed by atoms with Crippen LogP contribution in [-0.4, -0.2) is 28.6 Å². The minimum atomic E-state index is -0.727. The van der Waals surface area contributed by atoms with Gasteiger partial charge in [-0.05, 0) is 30.2 Å². The monoisotopic (exact) mass is 412 g/mol. The molecule has 0 fully saturated rings. The Kier molecular flexibility index (Phi) is 5.94. The van der Waals surface area contributed by atoms with Crippen molar-refractivity contribution in [2.24, 2.45) is 0 Å². The molecule has 5 heteroatoms. The van der Waals surface area contributed by atoms with Gasteiger partial charge in [0.15, 0.2) is 5.58 Å². The predicted octanol–water partition coefficient (Wildman–Crippen LogP) is 5.14. The van der Waals surface area contributed by atoms with Gasteiger partial charge in [0, 0.05) is 13.5 Å². The fraction of sp³-hybridized carbons (Fsp3) is 0.192. The van der Waals surface area contributed by atoms with Gasteiger partial charge < -0.3 is 9.32 Å². The van der Waals surface area contributed by atoms with Gasteiger partial charge >= 0.3 is 0 Å². The number of fused-ring (bicyclic) bond motifs is 1. The molecule has 3 aromatic carbocycles. The summed E-state index contributed by atoms with van der Waals surface area (Å²) in [6.45, 7) is 1.47. The van der Waals surface area contributed by atoms with Crippen molar-refractivity contribution >= 4 is 22.8 Å². The molecule has 156 valence electrons. The second-order valence-electron chi connectivity index (χ2n) is 7.62. The Balaban J connectivity index is 1.63. The molecule has 0 bridgehead atoms. The summed E-state index contributed by atoms with van der Waals surface area (Å²) in [7, 11) is 1.77. The average molecular weight is 412 g/mol.